The number of hydrogen-bond donors (Lipinski definition) is 1. The van der Waals surface area contributed by atoms with E-state index in [0.29, 0.717) is 19.8 Å². The Morgan fingerprint density at radius 1 is 0.971 bits per heavy atom. The highest BCUT2D eigenvalue weighted by atomic mass is 19.4. The highest BCUT2D eigenvalue weighted by molar-refractivity contribution is 5.73. The van der Waals surface area contributed by atoms with Crippen molar-refractivity contribution in [2.45, 2.75) is 40.8 Å². The van der Waals surface area contributed by atoms with Gasteiger partial charge in [-0.15, -0.1) is 0 Å². The number of alkyl halides is 3. The minimum atomic E-state index is -5.08. The Morgan fingerprint density at radius 2 is 1.40 bits per heavy atom. The molecule has 1 heterocycles. The summed E-state index contributed by atoms with van der Waals surface area (Å²) in [4.78, 5) is 27.2. The number of carbonyl (C=O) groups excluding carboxylic acids is 1. The van der Waals surface area contributed by atoms with Crippen LogP contribution in [0.1, 0.15) is 34.6 Å². The molecule has 0 saturated heterocycles. The van der Waals surface area contributed by atoms with E-state index in [1.54, 1.807) is 27.3 Å². The molecule has 0 bridgehead atoms. The predicted molar refractivity (Wildman–Crippen MR) is 132 cm³/mol. The maximum atomic E-state index is 10.6. The van der Waals surface area contributed by atoms with Crippen LogP contribution in [0.25, 0.3) is 0 Å². The van der Waals surface area contributed by atoms with E-state index in [2.05, 4.69) is 44.9 Å². The lowest BCUT2D eigenvalue weighted by Crippen LogP contribution is -2.21. The van der Waals surface area contributed by atoms with Crippen LogP contribution in [0.15, 0.2) is 24.4 Å². The average Bonchev–Trinajstić information content (AvgIpc) is 2.80. The first-order valence-corrected chi connectivity index (χ1v) is 11.0. The van der Waals surface area contributed by atoms with E-state index >= 15 is 0 Å². The monoisotopic (exact) mass is 515 g/mol. The molecule has 1 rings (SSSR count). The summed E-state index contributed by atoms with van der Waals surface area (Å²) in [6.07, 6.45) is -3.30. The van der Waals surface area contributed by atoms with E-state index in [1.165, 1.54) is 26.6 Å². The topological polar surface area (TPSA) is 101 Å². The molecule has 35 heavy (non-hydrogen) atoms. The summed E-state index contributed by atoms with van der Waals surface area (Å²) in [6.45, 7) is 15.2. The van der Waals surface area contributed by atoms with Crippen molar-refractivity contribution in [3.05, 3.63) is 24.4 Å². The molecular weight excluding hydrogens is 471 g/mol. The number of carboxylic acid groups (broad SMARTS) is 1. The van der Waals surface area contributed by atoms with Crippen molar-refractivity contribution in [2.75, 3.05) is 72.7 Å². The lowest BCUT2D eigenvalue weighted by Gasteiger charge is -2.13. The number of anilines is 1. The molecule has 0 aliphatic heterocycles. The minimum absolute atomic E-state index is 0.211. The molecule has 0 radical (unpaired) electrons. The number of hydrogen-bond acceptors (Lipinski definition) is 8. The van der Waals surface area contributed by atoms with Crippen molar-refractivity contribution >= 4 is 17.8 Å². The Hall–Kier alpha value is -2.44. The number of carboxylic acids is 1. The Kier molecular flexibility index (Phi) is 31.6. The zero-order chi connectivity index (χ0) is 28.3. The number of ether oxygens (including phenoxy) is 3. The SMILES string of the molecule is CCN(CC)CC.CCOC(C)=O.CN(C)c1ccccn1.COCCOC.O=C(O)C(F)(F)F. The molecule has 12 heteroatoms. The second-order valence-corrected chi connectivity index (χ2v) is 6.41. The molecule has 1 aromatic heterocycles. The van der Waals surface area contributed by atoms with Gasteiger partial charge in [0.05, 0.1) is 19.8 Å². The van der Waals surface area contributed by atoms with Crippen molar-refractivity contribution in [2.24, 2.45) is 0 Å². The number of pyridine rings is 1. The summed E-state index contributed by atoms with van der Waals surface area (Å²) in [5.41, 5.74) is 0. The van der Waals surface area contributed by atoms with Crippen molar-refractivity contribution in [1.29, 1.82) is 0 Å². The fourth-order valence-corrected chi connectivity index (χ4v) is 1.66. The van der Waals surface area contributed by atoms with E-state index in [9.17, 15) is 18.0 Å². The molecular formula is C23H44F3N3O6. The third-order valence-corrected chi connectivity index (χ3v) is 3.53. The van der Waals surface area contributed by atoms with Gasteiger partial charge >= 0.3 is 18.1 Å². The van der Waals surface area contributed by atoms with Gasteiger partial charge < -0.3 is 29.1 Å². The lowest BCUT2D eigenvalue weighted by molar-refractivity contribution is -0.192. The van der Waals surface area contributed by atoms with Crippen LogP contribution in [-0.2, 0) is 23.8 Å². The van der Waals surface area contributed by atoms with E-state index in [4.69, 9.17) is 9.90 Å². The molecule has 1 aromatic rings. The Bertz CT molecular complexity index is 578. The second-order valence-electron chi connectivity index (χ2n) is 6.41. The van der Waals surface area contributed by atoms with Gasteiger partial charge in [-0.3, -0.25) is 4.79 Å². The van der Waals surface area contributed by atoms with Crippen LogP contribution in [0.4, 0.5) is 19.0 Å². The summed E-state index contributed by atoms with van der Waals surface area (Å²) < 4.78 is 45.5. The summed E-state index contributed by atoms with van der Waals surface area (Å²) in [7, 11) is 7.25. The minimum Gasteiger partial charge on any atom is -0.475 e. The fourth-order valence-electron chi connectivity index (χ4n) is 1.66. The number of halogens is 3. The van der Waals surface area contributed by atoms with Crippen LogP contribution in [0, 0.1) is 0 Å². The third kappa shape index (κ3) is 36.3. The van der Waals surface area contributed by atoms with Crippen molar-refractivity contribution in [1.82, 2.24) is 9.88 Å². The Labute approximate surface area is 208 Å². The van der Waals surface area contributed by atoms with E-state index in [1.807, 2.05) is 37.2 Å². The highest BCUT2D eigenvalue weighted by Gasteiger charge is 2.38. The molecule has 0 aliphatic rings. The van der Waals surface area contributed by atoms with Gasteiger partial charge in [-0.05, 0) is 38.7 Å². The molecule has 9 nitrogen and oxygen atoms in total. The highest BCUT2D eigenvalue weighted by Crippen LogP contribution is 2.13. The number of aliphatic carboxylic acids is 1. The maximum Gasteiger partial charge on any atom is 0.490 e. The lowest BCUT2D eigenvalue weighted by atomic mass is 10.4. The van der Waals surface area contributed by atoms with Crippen LogP contribution in [0.3, 0.4) is 0 Å². The molecule has 0 unspecified atom stereocenters. The first-order valence-electron chi connectivity index (χ1n) is 11.0. The summed E-state index contributed by atoms with van der Waals surface area (Å²) >= 11 is 0. The molecule has 0 amide bonds. The summed E-state index contributed by atoms with van der Waals surface area (Å²) in [5, 5.41) is 7.12. The fraction of sp³-hybridized carbons (Fsp3) is 0.696. The largest absolute Gasteiger partial charge is 0.490 e. The third-order valence-electron chi connectivity index (χ3n) is 3.53. The van der Waals surface area contributed by atoms with Crippen LogP contribution in [-0.4, -0.2) is 101 Å². The van der Waals surface area contributed by atoms with Crippen LogP contribution >= 0.6 is 0 Å². The average molecular weight is 516 g/mol. The zero-order valence-corrected chi connectivity index (χ0v) is 22.5. The van der Waals surface area contributed by atoms with Gasteiger partial charge in [-0.2, -0.15) is 13.2 Å². The predicted octanol–water partition coefficient (Wildman–Crippen LogP) is 3.98. The van der Waals surface area contributed by atoms with Crippen LogP contribution in [0.5, 0.6) is 0 Å². The number of esters is 1. The van der Waals surface area contributed by atoms with E-state index in [0.717, 1.165) is 5.82 Å². The van der Waals surface area contributed by atoms with Gasteiger partial charge in [0.1, 0.15) is 5.82 Å². The quantitative estimate of drug-likeness (QED) is 0.407. The summed E-state index contributed by atoms with van der Waals surface area (Å²) in [5.74, 6) is -1.97. The first-order chi connectivity index (χ1) is 16.3. The molecule has 0 aliphatic carbocycles. The number of aromatic nitrogens is 1. The van der Waals surface area contributed by atoms with Crippen molar-refractivity contribution in [3.8, 4) is 0 Å². The second kappa shape index (κ2) is 27.8. The molecule has 0 fully saturated rings. The zero-order valence-electron chi connectivity index (χ0n) is 22.5. The Balaban J connectivity index is -0.000000174. The maximum absolute atomic E-state index is 10.6. The van der Waals surface area contributed by atoms with Gasteiger partial charge in [0.15, 0.2) is 0 Å². The summed E-state index contributed by atoms with van der Waals surface area (Å²) in [6, 6.07) is 5.86. The van der Waals surface area contributed by atoms with Gasteiger partial charge in [-0.1, -0.05) is 26.8 Å². The molecule has 208 valence electrons. The first kappa shape index (κ1) is 39.8. The number of methoxy groups -OCH3 is 2. The molecule has 0 aromatic carbocycles. The molecule has 1 N–H and O–H groups in total. The molecule has 0 atom stereocenters. The number of rotatable bonds is 8. The number of carbonyl (C=O) groups is 2. The van der Waals surface area contributed by atoms with E-state index < -0.39 is 12.1 Å². The van der Waals surface area contributed by atoms with Gasteiger partial charge in [-0.25, -0.2) is 9.78 Å². The van der Waals surface area contributed by atoms with Crippen LogP contribution < -0.4 is 4.90 Å². The Morgan fingerprint density at radius 3 is 1.51 bits per heavy atom. The normalized spacial score (nSPS) is 9.51. The van der Waals surface area contributed by atoms with E-state index in [-0.39, 0.29) is 5.97 Å². The van der Waals surface area contributed by atoms with Crippen LogP contribution in [0.2, 0.25) is 0 Å². The molecule has 0 spiro atoms. The van der Waals surface area contributed by atoms with Gasteiger partial charge in [0, 0.05) is 41.4 Å². The smallest absolute Gasteiger partial charge is 0.475 e. The van der Waals surface area contributed by atoms with Gasteiger partial charge in [0.25, 0.3) is 0 Å². The number of nitrogens with zero attached hydrogens (tertiary/aromatic N) is 3. The molecule has 0 saturated carbocycles. The van der Waals surface area contributed by atoms with Gasteiger partial charge in [0.2, 0.25) is 0 Å². The standard InChI is InChI=1S/C7H10N2.C6H15N.C4H10O2.C4H8O2.C2HF3O2/c1-9(2)7-5-3-4-6-8-7;1-4-7(5-2)6-3;1-5-3-4-6-2;1-3-6-4(2)5;3-2(4,5)1(6)7/h3-6H,1-2H3;4-6H2,1-3H3;3-4H2,1-2H3;3H2,1-2H3;(H,6,7). The van der Waals surface area contributed by atoms with Crippen molar-refractivity contribution < 1.29 is 42.1 Å². The van der Waals surface area contributed by atoms with Crippen molar-refractivity contribution in [3.63, 3.8) is 0 Å².